The number of anilines is 1. The Morgan fingerprint density at radius 3 is 2.35 bits per heavy atom. The third kappa shape index (κ3) is 4.66. The molecule has 0 fully saturated rings. The highest BCUT2D eigenvalue weighted by Crippen LogP contribution is 2.29. The molecule has 26 heavy (non-hydrogen) atoms. The molecule has 5 nitrogen and oxygen atoms in total. The summed E-state index contributed by atoms with van der Waals surface area (Å²) in [6.45, 7) is 1.12. The summed E-state index contributed by atoms with van der Waals surface area (Å²) in [5.74, 6) is 3.09. The Morgan fingerprint density at radius 2 is 1.65 bits per heavy atom. The zero-order valence-corrected chi connectivity index (χ0v) is 14.9. The predicted octanol–water partition coefficient (Wildman–Crippen LogP) is 4.29. The summed E-state index contributed by atoms with van der Waals surface area (Å²) in [7, 11) is 3.30. The van der Waals surface area contributed by atoms with Gasteiger partial charge in [-0.25, -0.2) is 4.98 Å². The van der Waals surface area contributed by atoms with Crippen molar-refractivity contribution in [3.8, 4) is 17.2 Å². The van der Waals surface area contributed by atoms with Crippen LogP contribution in [0, 0.1) is 0 Å². The van der Waals surface area contributed by atoms with Crippen molar-refractivity contribution in [1.29, 1.82) is 0 Å². The number of aromatic nitrogens is 1. The largest absolute Gasteiger partial charge is 0.497 e. The van der Waals surface area contributed by atoms with E-state index in [0.29, 0.717) is 24.7 Å². The average molecular weight is 350 g/mol. The van der Waals surface area contributed by atoms with Gasteiger partial charge in [0.1, 0.15) is 18.2 Å². The zero-order valence-electron chi connectivity index (χ0n) is 14.9. The number of ether oxygens (including phenoxy) is 3. The lowest BCUT2D eigenvalue weighted by molar-refractivity contribution is 0.284. The molecule has 134 valence electrons. The Hall–Kier alpha value is -3.21. The number of hydrogen-bond donors (Lipinski definition) is 1. The lowest BCUT2D eigenvalue weighted by Gasteiger charge is -2.13. The Labute approximate surface area is 153 Å². The summed E-state index contributed by atoms with van der Waals surface area (Å²) in [6.07, 6.45) is 1.76. The summed E-state index contributed by atoms with van der Waals surface area (Å²) in [5, 5.41) is 3.28. The van der Waals surface area contributed by atoms with E-state index in [1.165, 1.54) is 0 Å². The van der Waals surface area contributed by atoms with Crippen LogP contribution in [-0.2, 0) is 13.2 Å². The monoisotopic (exact) mass is 350 g/mol. The van der Waals surface area contributed by atoms with E-state index in [2.05, 4.69) is 10.3 Å². The fourth-order valence-corrected chi connectivity index (χ4v) is 2.48. The van der Waals surface area contributed by atoms with Crippen LogP contribution in [0.2, 0.25) is 0 Å². The third-order valence-electron chi connectivity index (χ3n) is 3.92. The van der Waals surface area contributed by atoms with Crippen LogP contribution in [0.15, 0.2) is 66.9 Å². The number of hydrogen-bond acceptors (Lipinski definition) is 5. The van der Waals surface area contributed by atoms with E-state index < -0.39 is 0 Å². The van der Waals surface area contributed by atoms with Crippen molar-refractivity contribution in [2.45, 2.75) is 13.2 Å². The molecule has 0 radical (unpaired) electrons. The molecular formula is C21H22N2O3. The molecule has 5 heteroatoms. The fourth-order valence-electron chi connectivity index (χ4n) is 2.48. The average Bonchev–Trinajstić information content (AvgIpc) is 2.72. The second-order valence-corrected chi connectivity index (χ2v) is 5.69. The van der Waals surface area contributed by atoms with Crippen LogP contribution in [0.5, 0.6) is 17.2 Å². The van der Waals surface area contributed by atoms with Gasteiger partial charge in [0.2, 0.25) is 0 Å². The van der Waals surface area contributed by atoms with Crippen LogP contribution in [0.3, 0.4) is 0 Å². The summed E-state index contributed by atoms with van der Waals surface area (Å²) >= 11 is 0. The highest BCUT2D eigenvalue weighted by atomic mass is 16.5. The summed E-state index contributed by atoms with van der Waals surface area (Å²) < 4.78 is 16.5. The number of benzene rings is 2. The molecule has 0 unspecified atom stereocenters. The van der Waals surface area contributed by atoms with E-state index >= 15 is 0 Å². The van der Waals surface area contributed by atoms with Gasteiger partial charge in [0.05, 0.1) is 14.2 Å². The normalized spacial score (nSPS) is 10.2. The topological polar surface area (TPSA) is 52.6 Å². The van der Waals surface area contributed by atoms with Crippen LogP contribution in [0.4, 0.5) is 5.82 Å². The molecule has 0 spiro atoms. The minimum absolute atomic E-state index is 0.464. The molecule has 0 bridgehead atoms. The van der Waals surface area contributed by atoms with Gasteiger partial charge in [-0.2, -0.15) is 0 Å². The summed E-state index contributed by atoms with van der Waals surface area (Å²) in [5.41, 5.74) is 2.15. The van der Waals surface area contributed by atoms with Crippen molar-refractivity contribution in [2.24, 2.45) is 0 Å². The van der Waals surface area contributed by atoms with Crippen LogP contribution in [0.1, 0.15) is 11.1 Å². The van der Waals surface area contributed by atoms with Crippen molar-refractivity contribution in [3.05, 3.63) is 78.0 Å². The van der Waals surface area contributed by atoms with Crippen molar-refractivity contribution < 1.29 is 14.2 Å². The van der Waals surface area contributed by atoms with Crippen LogP contribution >= 0.6 is 0 Å². The maximum atomic E-state index is 5.91. The van der Waals surface area contributed by atoms with Gasteiger partial charge in [-0.15, -0.1) is 0 Å². The van der Waals surface area contributed by atoms with Gasteiger partial charge in [0, 0.05) is 12.7 Å². The maximum Gasteiger partial charge on any atom is 0.161 e. The second kappa shape index (κ2) is 8.76. The third-order valence-corrected chi connectivity index (χ3v) is 3.92. The Bertz CT molecular complexity index is 820. The van der Waals surface area contributed by atoms with Crippen LogP contribution in [-0.4, -0.2) is 19.2 Å². The van der Waals surface area contributed by atoms with Crippen molar-refractivity contribution in [2.75, 3.05) is 19.5 Å². The van der Waals surface area contributed by atoms with Gasteiger partial charge < -0.3 is 19.5 Å². The molecule has 1 aromatic heterocycles. The Morgan fingerprint density at radius 1 is 0.846 bits per heavy atom. The molecule has 0 atom stereocenters. The van der Waals surface area contributed by atoms with Crippen molar-refractivity contribution >= 4 is 5.82 Å². The SMILES string of the molecule is COc1ccc(COc2ccc(CNc3ccccn3)cc2OC)cc1. The molecule has 0 saturated heterocycles. The lowest BCUT2D eigenvalue weighted by Crippen LogP contribution is -2.02. The van der Waals surface area contributed by atoms with Crippen molar-refractivity contribution in [1.82, 2.24) is 4.98 Å². The number of nitrogens with zero attached hydrogens (tertiary/aromatic N) is 1. The quantitative estimate of drug-likeness (QED) is 0.657. The number of pyridine rings is 1. The van der Waals surface area contributed by atoms with Gasteiger partial charge >= 0.3 is 0 Å². The molecule has 3 rings (SSSR count). The molecule has 0 aliphatic heterocycles. The molecule has 3 aromatic rings. The molecule has 0 aliphatic carbocycles. The highest BCUT2D eigenvalue weighted by molar-refractivity contribution is 5.44. The van der Waals surface area contributed by atoms with Gasteiger partial charge in [-0.3, -0.25) is 0 Å². The zero-order chi connectivity index (χ0) is 18.2. The van der Waals surface area contributed by atoms with Gasteiger partial charge in [-0.05, 0) is 47.5 Å². The van der Waals surface area contributed by atoms with E-state index in [1.807, 2.05) is 60.7 Å². The Kier molecular flexibility index (Phi) is 5.93. The highest BCUT2D eigenvalue weighted by Gasteiger charge is 2.07. The number of rotatable bonds is 8. The first-order chi connectivity index (χ1) is 12.8. The fraction of sp³-hybridized carbons (Fsp3) is 0.190. The smallest absolute Gasteiger partial charge is 0.161 e. The van der Waals surface area contributed by atoms with Crippen molar-refractivity contribution in [3.63, 3.8) is 0 Å². The molecule has 0 saturated carbocycles. The van der Waals surface area contributed by atoms with E-state index in [1.54, 1.807) is 20.4 Å². The first kappa shape index (κ1) is 17.6. The minimum atomic E-state index is 0.464. The van der Waals surface area contributed by atoms with E-state index in [0.717, 1.165) is 22.7 Å². The Balaban J connectivity index is 1.62. The van der Waals surface area contributed by atoms with Gasteiger partial charge in [-0.1, -0.05) is 24.3 Å². The molecule has 1 heterocycles. The standard InChI is InChI=1S/C21H22N2O3/c1-24-18-9-6-16(7-10-18)15-26-19-11-8-17(13-20(19)25-2)14-23-21-5-3-4-12-22-21/h3-13H,14-15H2,1-2H3,(H,22,23). The maximum absolute atomic E-state index is 5.91. The van der Waals surface area contributed by atoms with Gasteiger partial charge in [0.25, 0.3) is 0 Å². The van der Waals surface area contributed by atoms with E-state index in [9.17, 15) is 0 Å². The predicted molar refractivity (Wildman–Crippen MR) is 102 cm³/mol. The first-order valence-corrected chi connectivity index (χ1v) is 8.36. The molecule has 0 amide bonds. The number of methoxy groups -OCH3 is 2. The number of nitrogens with one attached hydrogen (secondary N) is 1. The summed E-state index contributed by atoms with van der Waals surface area (Å²) in [6, 6.07) is 19.5. The molecule has 0 aliphatic rings. The van der Waals surface area contributed by atoms with E-state index in [-0.39, 0.29) is 0 Å². The summed E-state index contributed by atoms with van der Waals surface area (Å²) in [4.78, 5) is 4.25. The first-order valence-electron chi connectivity index (χ1n) is 8.36. The molecular weight excluding hydrogens is 328 g/mol. The van der Waals surface area contributed by atoms with E-state index in [4.69, 9.17) is 14.2 Å². The van der Waals surface area contributed by atoms with Gasteiger partial charge in [0.15, 0.2) is 11.5 Å². The van der Waals surface area contributed by atoms with Crippen LogP contribution < -0.4 is 19.5 Å². The van der Waals surface area contributed by atoms with Crippen LogP contribution in [0.25, 0.3) is 0 Å². The second-order valence-electron chi connectivity index (χ2n) is 5.69. The molecule has 1 N–H and O–H groups in total. The molecule has 2 aromatic carbocycles. The lowest BCUT2D eigenvalue weighted by atomic mass is 10.2. The minimum Gasteiger partial charge on any atom is -0.497 e.